The molecule has 5 nitrogen and oxygen atoms in total. The quantitative estimate of drug-likeness (QED) is 0.856. The standard InChI is InChI=1S/C18H13N5/c19-11-15(12-20)18(13-21)23-17-6-3-4-14(10-17)7-8-16-5-1-2-9-22-16/h1-6,9-10,23H,7-8H2. The summed E-state index contributed by atoms with van der Waals surface area (Å²) in [5, 5.41) is 29.6. The van der Waals surface area contributed by atoms with Crippen LogP contribution in [0.1, 0.15) is 11.3 Å². The first-order valence-electron chi connectivity index (χ1n) is 6.97. The Labute approximate surface area is 134 Å². The number of benzene rings is 1. The zero-order valence-corrected chi connectivity index (χ0v) is 12.3. The van der Waals surface area contributed by atoms with Crippen molar-refractivity contribution in [2.45, 2.75) is 12.8 Å². The van der Waals surface area contributed by atoms with Crippen molar-refractivity contribution in [2.75, 3.05) is 5.32 Å². The fourth-order valence-electron chi connectivity index (χ4n) is 2.05. The molecule has 0 aliphatic heterocycles. The normalized spacial score (nSPS) is 9.09. The van der Waals surface area contributed by atoms with E-state index in [9.17, 15) is 0 Å². The number of pyridine rings is 1. The van der Waals surface area contributed by atoms with E-state index in [0.29, 0.717) is 5.69 Å². The van der Waals surface area contributed by atoms with Gasteiger partial charge in [0, 0.05) is 17.6 Å². The number of anilines is 1. The Bertz CT molecular complexity index is 816. The molecule has 0 radical (unpaired) electrons. The van der Waals surface area contributed by atoms with Crippen molar-refractivity contribution in [3.05, 3.63) is 71.2 Å². The van der Waals surface area contributed by atoms with E-state index in [0.717, 1.165) is 24.1 Å². The van der Waals surface area contributed by atoms with Crippen LogP contribution >= 0.6 is 0 Å². The lowest BCUT2D eigenvalue weighted by atomic mass is 10.1. The van der Waals surface area contributed by atoms with Crippen LogP contribution in [0, 0.1) is 34.0 Å². The molecule has 110 valence electrons. The van der Waals surface area contributed by atoms with Crippen LogP contribution < -0.4 is 5.32 Å². The Balaban J connectivity index is 2.12. The molecule has 0 amide bonds. The summed E-state index contributed by atoms with van der Waals surface area (Å²) in [6, 6.07) is 18.6. The van der Waals surface area contributed by atoms with Crippen molar-refractivity contribution in [3.8, 4) is 18.2 Å². The molecule has 0 aliphatic carbocycles. The van der Waals surface area contributed by atoms with Crippen molar-refractivity contribution in [2.24, 2.45) is 0 Å². The summed E-state index contributed by atoms with van der Waals surface area (Å²) in [6.07, 6.45) is 3.39. The minimum atomic E-state index is -0.230. The van der Waals surface area contributed by atoms with Crippen LogP contribution in [0.25, 0.3) is 0 Å². The minimum Gasteiger partial charge on any atom is -0.345 e. The molecule has 0 atom stereocenters. The van der Waals surface area contributed by atoms with E-state index in [1.807, 2.05) is 42.5 Å². The van der Waals surface area contributed by atoms with Crippen LogP contribution in [0.4, 0.5) is 5.69 Å². The largest absolute Gasteiger partial charge is 0.345 e. The number of rotatable bonds is 5. The van der Waals surface area contributed by atoms with Crippen LogP contribution in [-0.2, 0) is 12.8 Å². The second kappa shape index (κ2) is 7.98. The van der Waals surface area contributed by atoms with E-state index in [1.165, 1.54) is 0 Å². The number of aryl methyl sites for hydroxylation is 2. The van der Waals surface area contributed by atoms with Gasteiger partial charge in [-0.3, -0.25) is 4.98 Å². The highest BCUT2D eigenvalue weighted by Gasteiger charge is 2.06. The Morgan fingerprint density at radius 1 is 0.957 bits per heavy atom. The summed E-state index contributed by atoms with van der Waals surface area (Å²) in [6.45, 7) is 0. The van der Waals surface area contributed by atoms with Gasteiger partial charge in [0.25, 0.3) is 0 Å². The SMILES string of the molecule is N#CC(C#N)=C(C#N)Nc1cccc(CCc2ccccn2)c1. The predicted molar refractivity (Wildman–Crippen MR) is 85.6 cm³/mol. The third-order valence-electron chi connectivity index (χ3n) is 3.18. The van der Waals surface area contributed by atoms with Crippen LogP contribution in [-0.4, -0.2) is 4.98 Å². The van der Waals surface area contributed by atoms with Gasteiger partial charge in [0.15, 0.2) is 5.57 Å². The number of nitrogens with one attached hydrogen (secondary N) is 1. The Kier molecular flexibility index (Phi) is 5.47. The number of allylic oxidation sites excluding steroid dienone is 2. The molecule has 0 saturated heterocycles. The van der Waals surface area contributed by atoms with Gasteiger partial charge in [-0.05, 0) is 42.7 Å². The molecule has 0 unspecified atom stereocenters. The molecular formula is C18H13N5. The van der Waals surface area contributed by atoms with Crippen LogP contribution in [0.15, 0.2) is 59.9 Å². The molecule has 1 heterocycles. The Morgan fingerprint density at radius 3 is 2.43 bits per heavy atom. The van der Waals surface area contributed by atoms with Crippen molar-refractivity contribution >= 4 is 5.69 Å². The van der Waals surface area contributed by atoms with E-state index in [4.69, 9.17) is 15.8 Å². The maximum Gasteiger partial charge on any atom is 0.163 e. The highest BCUT2D eigenvalue weighted by Crippen LogP contribution is 2.16. The van der Waals surface area contributed by atoms with Gasteiger partial charge in [0.2, 0.25) is 0 Å². The lowest BCUT2D eigenvalue weighted by Gasteiger charge is -2.07. The molecule has 1 N–H and O–H groups in total. The number of hydrogen-bond donors (Lipinski definition) is 1. The van der Waals surface area contributed by atoms with E-state index >= 15 is 0 Å². The first-order chi connectivity index (χ1) is 11.3. The van der Waals surface area contributed by atoms with Gasteiger partial charge in [-0.15, -0.1) is 0 Å². The highest BCUT2D eigenvalue weighted by atomic mass is 14.9. The maximum atomic E-state index is 9.06. The maximum absolute atomic E-state index is 9.06. The summed E-state index contributed by atoms with van der Waals surface area (Å²) in [5.41, 5.74) is 2.49. The van der Waals surface area contributed by atoms with Crippen LogP contribution in [0.5, 0.6) is 0 Å². The average Bonchev–Trinajstić information content (AvgIpc) is 2.61. The van der Waals surface area contributed by atoms with Gasteiger partial charge < -0.3 is 5.32 Å². The van der Waals surface area contributed by atoms with Gasteiger partial charge >= 0.3 is 0 Å². The van der Waals surface area contributed by atoms with E-state index < -0.39 is 0 Å². The second-order valence-electron chi connectivity index (χ2n) is 4.73. The molecule has 5 heteroatoms. The number of nitriles is 3. The second-order valence-corrected chi connectivity index (χ2v) is 4.73. The summed E-state index contributed by atoms with van der Waals surface area (Å²) in [4.78, 5) is 4.29. The molecule has 1 aromatic carbocycles. The summed E-state index contributed by atoms with van der Waals surface area (Å²) in [5.74, 6) is 0. The molecule has 0 fully saturated rings. The molecule has 1 aromatic heterocycles. The van der Waals surface area contributed by atoms with Crippen LogP contribution in [0.2, 0.25) is 0 Å². The van der Waals surface area contributed by atoms with E-state index in [-0.39, 0.29) is 11.3 Å². The van der Waals surface area contributed by atoms with E-state index in [2.05, 4.69) is 10.3 Å². The molecule has 2 aromatic rings. The molecule has 0 spiro atoms. The monoisotopic (exact) mass is 299 g/mol. The van der Waals surface area contributed by atoms with Crippen molar-refractivity contribution in [1.82, 2.24) is 4.98 Å². The Morgan fingerprint density at radius 2 is 1.78 bits per heavy atom. The smallest absolute Gasteiger partial charge is 0.163 e. The molecule has 2 rings (SSSR count). The molecule has 0 aliphatic rings. The van der Waals surface area contributed by atoms with Gasteiger partial charge in [-0.1, -0.05) is 18.2 Å². The molecule has 0 bridgehead atoms. The van der Waals surface area contributed by atoms with Gasteiger partial charge in [-0.2, -0.15) is 15.8 Å². The van der Waals surface area contributed by atoms with E-state index in [1.54, 1.807) is 24.4 Å². The first kappa shape index (κ1) is 15.8. The number of aromatic nitrogens is 1. The summed E-state index contributed by atoms with van der Waals surface area (Å²) in [7, 11) is 0. The topological polar surface area (TPSA) is 96.3 Å². The first-order valence-corrected chi connectivity index (χ1v) is 6.97. The van der Waals surface area contributed by atoms with Crippen LogP contribution in [0.3, 0.4) is 0 Å². The Hall–Kier alpha value is -3.62. The lowest BCUT2D eigenvalue weighted by Crippen LogP contribution is -2.01. The minimum absolute atomic E-state index is 0.0446. The fourth-order valence-corrected chi connectivity index (χ4v) is 2.05. The third-order valence-corrected chi connectivity index (χ3v) is 3.18. The predicted octanol–water partition coefficient (Wildman–Crippen LogP) is 3.10. The highest BCUT2D eigenvalue weighted by molar-refractivity contribution is 5.58. The van der Waals surface area contributed by atoms with Gasteiger partial charge in [-0.25, -0.2) is 0 Å². The summed E-state index contributed by atoms with van der Waals surface area (Å²) < 4.78 is 0. The van der Waals surface area contributed by atoms with Gasteiger partial charge in [0.05, 0.1) is 0 Å². The van der Waals surface area contributed by atoms with Crippen molar-refractivity contribution in [1.29, 1.82) is 15.8 Å². The lowest BCUT2D eigenvalue weighted by molar-refractivity contribution is 0.914. The van der Waals surface area contributed by atoms with Crippen molar-refractivity contribution in [3.63, 3.8) is 0 Å². The average molecular weight is 299 g/mol. The number of hydrogen-bond acceptors (Lipinski definition) is 5. The summed E-state index contributed by atoms with van der Waals surface area (Å²) >= 11 is 0. The van der Waals surface area contributed by atoms with Crippen molar-refractivity contribution < 1.29 is 0 Å². The molecule has 0 saturated carbocycles. The third kappa shape index (κ3) is 4.43. The number of nitrogens with zero attached hydrogens (tertiary/aromatic N) is 4. The zero-order valence-electron chi connectivity index (χ0n) is 12.3. The molecular weight excluding hydrogens is 286 g/mol. The fraction of sp³-hybridized carbons (Fsp3) is 0.111. The van der Waals surface area contributed by atoms with Gasteiger partial charge in [0.1, 0.15) is 23.9 Å². The molecule has 23 heavy (non-hydrogen) atoms. The zero-order chi connectivity index (χ0) is 16.5.